The van der Waals surface area contributed by atoms with Gasteiger partial charge >= 0.3 is 0 Å². The Balaban J connectivity index is 2.13. The Morgan fingerprint density at radius 2 is 1.95 bits per heavy atom. The molecule has 1 heterocycles. The normalized spacial score (nSPS) is 10.1. The topological polar surface area (TPSA) is 111 Å². The van der Waals surface area contributed by atoms with Crippen LogP contribution < -0.4 is 16.8 Å². The van der Waals surface area contributed by atoms with Crippen molar-refractivity contribution in [2.45, 2.75) is 4.90 Å². The first-order valence-corrected chi connectivity index (χ1v) is 7.08. The van der Waals surface area contributed by atoms with Gasteiger partial charge in [0.05, 0.1) is 23.3 Å². The fraction of sp³-hybridized carbons (Fsp3) is 0.0714. The van der Waals surface area contributed by atoms with Crippen LogP contribution in [0, 0.1) is 0 Å². The number of primary amides is 1. The summed E-state index contributed by atoms with van der Waals surface area (Å²) in [5, 5.41) is 2.75. The minimum absolute atomic E-state index is 0.146. The molecule has 0 aliphatic carbocycles. The highest BCUT2D eigenvalue weighted by molar-refractivity contribution is 8.00. The van der Waals surface area contributed by atoms with E-state index in [1.54, 1.807) is 30.3 Å². The highest BCUT2D eigenvalue weighted by Crippen LogP contribution is 2.27. The standard InChI is InChI=1S/C14H14N4O2S/c15-9-5-6-11(17-7-9)14(20)18-10-3-1-2-4-12(10)21-8-13(16)19/h1-7H,8,15H2,(H2,16,19)(H,18,20). The number of hydrogen-bond acceptors (Lipinski definition) is 5. The van der Waals surface area contributed by atoms with Crippen molar-refractivity contribution in [2.75, 3.05) is 16.8 Å². The van der Waals surface area contributed by atoms with Crippen molar-refractivity contribution in [3.63, 3.8) is 0 Å². The van der Waals surface area contributed by atoms with Crippen LogP contribution in [-0.4, -0.2) is 22.6 Å². The van der Waals surface area contributed by atoms with E-state index < -0.39 is 5.91 Å². The lowest BCUT2D eigenvalue weighted by molar-refractivity contribution is -0.115. The maximum Gasteiger partial charge on any atom is 0.274 e. The summed E-state index contributed by atoms with van der Waals surface area (Å²) < 4.78 is 0. The SMILES string of the molecule is NC(=O)CSc1ccccc1NC(=O)c1ccc(N)cn1. The van der Waals surface area contributed by atoms with Gasteiger partial charge in [-0.25, -0.2) is 4.98 Å². The van der Waals surface area contributed by atoms with E-state index in [1.165, 1.54) is 18.0 Å². The van der Waals surface area contributed by atoms with Crippen LogP contribution in [0.4, 0.5) is 11.4 Å². The molecular weight excluding hydrogens is 288 g/mol. The highest BCUT2D eigenvalue weighted by Gasteiger charge is 2.10. The molecule has 0 spiro atoms. The summed E-state index contributed by atoms with van der Waals surface area (Å²) in [7, 11) is 0. The maximum absolute atomic E-state index is 12.1. The Morgan fingerprint density at radius 3 is 2.62 bits per heavy atom. The molecule has 2 amide bonds. The van der Waals surface area contributed by atoms with Crippen molar-refractivity contribution in [3.8, 4) is 0 Å². The van der Waals surface area contributed by atoms with Crippen LogP contribution >= 0.6 is 11.8 Å². The summed E-state index contributed by atoms with van der Waals surface area (Å²) in [6, 6.07) is 10.3. The molecule has 0 fully saturated rings. The Hall–Kier alpha value is -2.54. The fourth-order valence-electron chi connectivity index (χ4n) is 1.57. The molecule has 0 bridgehead atoms. The van der Waals surface area contributed by atoms with Gasteiger partial charge in [-0.05, 0) is 24.3 Å². The Labute approximate surface area is 125 Å². The van der Waals surface area contributed by atoms with E-state index >= 15 is 0 Å². The van der Waals surface area contributed by atoms with E-state index in [0.29, 0.717) is 11.4 Å². The van der Waals surface area contributed by atoms with E-state index in [2.05, 4.69) is 10.3 Å². The molecule has 108 valence electrons. The van der Waals surface area contributed by atoms with Gasteiger partial charge in [-0.1, -0.05) is 12.1 Å². The van der Waals surface area contributed by atoms with Crippen molar-refractivity contribution in [2.24, 2.45) is 5.73 Å². The number of thioether (sulfide) groups is 1. The van der Waals surface area contributed by atoms with Gasteiger partial charge in [0.25, 0.3) is 5.91 Å². The summed E-state index contributed by atoms with van der Waals surface area (Å²) in [6.45, 7) is 0. The van der Waals surface area contributed by atoms with Gasteiger partial charge in [-0.3, -0.25) is 9.59 Å². The first-order chi connectivity index (χ1) is 10.1. The number of nitrogen functional groups attached to an aromatic ring is 1. The quantitative estimate of drug-likeness (QED) is 0.725. The molecule has 0 unspecified atom stereocenters. The van der Waals surface area contributed by atoms with Crippen LogP contribution in [0.15, 0.2) is 47.5 Å². The van der Waals surface area contributed by atoms with Gasteiger partial charge in [-0.15, -0.1) is 11.8 Å². The number of carbonyl (C=O) groups excluding carboxylic acids is 2. The third kappa shape index (κ3) is 4.22. The van der Waals surface area contributed by atoms with Gasteiger partial charge in [0.2, 0.25) is 5.91 Å². The van der Waals surface area contributed by atoms with E-state index in [1.807, 2.05) is 6.07 Å². The molecule has 0 aliphatic rings. The Bertz CT molecular complexity index is 658. The first-order valence-electron chi connectivity index (χ1n) is 6.09. The number of amides is 2. The lowest BCUT2D eigenvalue weighted by atomic mass is 10.3. The third-order valence-corrected chi connectivity index (χ3v) is 3.62. The highest BCUT2D eigenvalue weighted by atomic mass is 32.2. The van der Waals surface area contributed by atoms with Crippen molar-refractivity contribution in [3.05, 3.63) is 48.3 Å². The molecule has 2 aromatic rings. The third-order valence-electron chi connectivity index (χ3n) is 2.52. The maximum atomic E-state index is 12.1. The van der Waals surface area contributed by atoms with Crippen LogP contribution in [-0.2, 0) is 4.79 Å². The van der Waals surface area contributed by atoms with Crippen molar-refractivity contribution in [1.29, 1.82) is 0 Å². The van der Waals surface area contributed by atoms with Gasteiger partial charge in [0.1, 0.15) is 5.69 Å². The molecule has 5 N–H and O–H groups in total. The monoisotopic (exact) mass is 302 g/mol. The van der Waals surface area contributed by atoms with Crippen molar-refractivity contribution >= 4 is 35.0 Å². The zero-order chi connectivity index (χ0) is 15.2. The molecule has 2 rings (SSSR count). The molecule has 6 nitrogen and oxygen atoms in total. The number of anilines is 2. The fourth-order valence-corrected chi connectivity index (χ4v) is 2.32. The predicted octanol–water partition coefficient (Wildman–Crippen LogP) is 1.49. The summed E-state index contributed by atoms with van der Waals surface area (Å²) in [5.41, 5.74) is 12.0. The van der Waals surface area contributed by atoms with E-state index in [9.17, 15) is 9.59 Å². The number of nitrogens with zero attached hydrogens (tertiary/aromatic N) is 1. The second kappa shape index (κ2) is 6.76. The van der Waals surface area contributed by atoms with Gasteiger partial charge in [0.15, 0.2) is 0 Å². The molecule has 0 saturated heterocycles. The van der Waals surface area contributed by atoms with Gasteiger partial charge in [0, 0.05) is 4.90 Å². The number of rotatable bonds is 5. The van der Waals surface area contributed by atoms with Crippen LogP contribution in [0.1, 0.15) is 10.5 Å². The molecule has 0 radical (unpaired) electrons. The second-order valence-corrected chi connectivity index (χ2v) is 5.20. The number of carbonyl (C=O) groups is 2. The van der Waals surface area contributed by atoms with Crippen molar-refractivity contribution in [1.82, 2.24) is 4.98 Å². The molecule has 7 heteroatoms. The molecule has 0 saturated carbocycles. The van der Waals surface area contributed by atoms with Crippen LogP contribution in [0.2, 0.25) is 0 Å². The van der Waals surface area contributed by atoms with Crippen LogP contribution in [0.3, 0.4) is 0 Å². The van der Waals surface area contributed by atoms with Crippen LogP contribution in [0.25, 0.3) is 0 Å². The Kier molecular flexibility index (Phi) is 4.78. The number of aromatic nitrogens is 1. The summed E-state index contributed by atoms with van der Waals surface area (Å²) in [4.78, 5) is 27.7. The number of pyridine rings is 1. The summed E-state index contributed by atoms with van der Waals surface area (Å²) >= 11 is 1.27. The average Bonchev–Trinajstić information content (AvgIpc) is 2.47. The summed E-state index contributed by atoms with van der Waals surface area (Å²) in [5.74, 6) is -0.615. The van der Waals surface area contributed by atoms with E-state index in [4.69, 9.17) is 11.5 Å². The number of benzene rings is 1. The predicted molar refractivity (Wildman–Crippen MR) is 83.0 cm³/mol. The molecule has 1 aromatic heterocycles. The lowest BCUT2D eigenvalue weighted by Gasteiger charge is -2.09. The second-order valence-electron chi connectivity index (χ2n) is 4.18. The lowest BCUT2D eigenvalue weighted by Crippen LogP contribution is -2.15. The molecular formula is C14H14N4O2S. The Morgan fingerprint density at radius 1 is 1.19 bits per heavy atom. The molecule has 0 atom stereocenters. The van der Waals surface area contributed by atoms with Gasteiger partial charge in [-0.2, -0.15) is 0 Å². The van der Waals surface area contributed by atoms with E-state index in [-0.39, 0.29) is 17.4 Å². The zero-order valence-electron chi connectivity index (χ0n) is 11.1. The summed E-state index contributed by atoms with van der Waals surface area (Å²) in [6.07, 6.45) is 1.42. The molecule has 1 aromatic carbocycles. The number of para-hydroxylation sites is 1. The molecule has 21 heavy (non-hydrogen) atoms. The smallest absolute Gasteiger partial charge is 0.274 e. The number of hydrogen-bond donors (Lipinski definition) is 3. The van der Waals surface area contributed by atoms with Gasteiger partial charge < -0.3 is 16.8 Å². The average molecular weight is 302 g/mol. The molecule has 0 aliphatic heterocycles. The number of nitrogens with two attached hydrogens (primary N) is 2. The minimum atomic E-state index is -0.415. The van der Waals surface area contributed by atoms with E-state index in [0.717, 1.165) is 4.90 Å². The first kappa shape index (κ1) is 14.9. The largest absolute Gasteiger partial charge is 0.397 e. The van der Waals surface area contributed by atoms with Crippen molar-refractivity contribution < 1.29 is 9.59 Å². The minimum Gasteiger partial charge on any atom is -0.397 e. The zero-order valence-corrected chi connectivity index (χ0v) is 11.9. The number of nitrogens with one attached hydrogen (secondary N) is 1. The van der Waals surface area contributed by atoms with Crippen LogP contribution in [0.5, 0.6) is 0 Å².